The van der Waals surface area contributed by atoms with Gasteiger partial charge in [-0.2, -0.15) is 0 Å². The molecule has 5 nitrogen and oxygen atoms in total. The molecule has 1 amide bonds. The lowest BCUT2D eigenvalue weighted by molar-refractivity contribution is -0.119. The summed E-state index contributed by atoms with van der Waals surface area (Å²) in [6.45, 7) is 3.12. The van der Waals surface area contributed by atoms with Crippen molar-refractivity contribution in [3.8, 4) is 0 Å². The standard InChI is InChI=1S/C20H21Cl2N3O2S/c1-13(15-5-3-4-6-16(15)22)23-19(26)12-28-20-24-17-11-14(21)7-8-18(17)25(20)9-10-27-2/h3-8,11,13H,9-10,12H2,1-2H3,(H,23,26)/t13-/m1/s1. The summed E-state index contributed by atoms with van der Waals surface area (Å²) in [4.78, 5) is 17.1. The first-order valence-electron chi connectivity index (χ1n) is 8.81. The molecule has 8 heteroatoms. The quantitative estimate of drug-likeness (QED) is 0.505. The zero-order valence-corrected chi connectivity index (χ0v) is 17.9. The van der Waals surface area contributed by atoms with E-state index in [0.29, 0.717) is 23.2 Å². The van der Waals surface area contributed by atoms with Crippen LogP contribution in [0, 0.1) is 0 Å². The first-order valence-corrected chi connectivity index (χ1v) is 10.5. The van der Waals surface area contributed by atoms with Crippen molar-refractivity contribution in [2.75, 3.05) is 19.5 Å². The van der Waals surface area contributed by atoms with E-state index in [-0.39, 0.29) is 17.7 Å². The van der Waals surface area contributed by atoms with Crippen molar-refractivity contribution in [3.05, 3.63) is 58.1 Å². The molecule has 2 aromatic carbocycles. The van der Waals surface area contributed by atoms with Gasteiger partial charge in [0, 0.05) is 23.7 Å². The van der Waals surface area contributed by atoms with E-state index in [1.54, 1.807) is 7.11 Å². The van der Waals surface area contributed by atoms with Crippen LogP contribution >= 0.6 is 35.0 Å². The van der Waals surface area contributed by atoms with Crippen molar-refractivity contribution in [1.29, 1.82) is 0 Å². The lowest BCUT2D eigenvalue weighted by Gasteiger charge is -2.15. The molecule has 148 valence electrons. The molecule has 0 aliphatic carbocycles. The van der Waals surface area contributed by atoms with Gasteiger partial charge in [-0.05, 0) is 36.8 Å². The number of fused-ring (bicyclic) bond motifs is 1. The Morgan fingerprint density at radius 2 is 2.07 bits per heavy atom. The highest BCUT2D eigenvalue weighted by atomic mass is 35.5. The van der Waals surface area contributed by atoms with Crippen LogP contribution in [0.2, 0.25) is 10.0 Å². The third-order valence-corrected chi connectivity index (χ3v) is 5.83. The van der Waals surface area contributed by atoms with Crippen LogP contribution in [-0.2, 0) is 16.1 Å². The Balaban J connectivity index is 1.70. The molecule has 28 heavy (non-hydrogen) atoms. The summed E-state index contributed by atoms with van der Waals surface area (Å²) < 4.78 is 7.25. The van der Waals surface area contributed by atoms with Crippen molar-refractivity contribution in [3.63, 3.8) is 0 Å². The number of hydrogen-bond acceptors (Lipinski definition) is 4. The Kier molecular flexibility index (Phi) is 7.24. The molecule has 3 aromatic rings. The Morgan fingerprint density at radius 1 is 1.29 bits per heavy atom. The number of imidazole rings is 1. The molecule has 1 N–H and O–H groups in total. The molecule has 0 fully saturated rings. The fraction of sp³-hybridized carbons (Fsp3) is 0.300. The molecule has 1 aromatic heterocycles. The largest absolute Gasteiger partial charge is 0.383 e. The van der Waals surface area contributed by atoms with Crippen LogP contribution in [0.5, 0.6) is 0 Å². The maximum absolute atomic E-state index is 12.4. The van der Waals surface area contributed by atoms with E-state index in [9.17, 15) is 4.79 Å². The van der Waals surface area contributed by atoms with E-state index in [0.717, 1.165) is 21.8 Å². The van der Waals surface area contributed by atoms with Crippen molar-refractivity contribution >= 4 is 51.9 Å². The number of nitrogens with zero attached hydrogens (tertiary/aromatic N) is 2. The minimum Gasteiger partial charge on any atom is -0.383 e. The van der Waals surface area contributed by atoms with Gasteiger partial charge in [0.15, 0.2) is 5.16 Å². The fourth-order valence-electron chi connectivity index (χ4n) is 2.91. The molecule has 0 aliphatic heterocycles. The lowest BCUT2D eigenvalue weighted by Crippen LogP contribution is -2.28. The summed E-state index contributed by atoms with van der Waals surface area (Å²) >= 11 is 13.7. The van der Waals surface area contributed by atoms with Crippen molar-refractivity contribution in [2.45, 2.75) is 24.7 Å². The minimum absolute atomic E-state index is 0.0826. The van der Waals surface area contributed by atoms with Gasteiger partial charge in [-0.15, -0.1) is 0 Å². The van der Waals surface area contributed by atoms with Crippen molar-refractivity contribution in [1.82, 2.24) is 14.9 Å². The molecule has 0 saturated carbocycles. The molecule has 0 aliphatic rings. The summed E-state index contributed by atoms with van der Waals surface area (Å²) in [5.74, 6) is 0.166. The van der Waals surface area contributed by atoms with Gasteiger partial charge in [0.25, 0.3) is 0 Å². The SMILES string of the molecule is COCCn1c(SCC(=O)N[C@H](C)c2ccccc2Cl)nc2cc(Cl)ccc21. The van der Waals surface area contributed by atoms with E-state index in [1.807, 2.05) is 54.0 Å². The predicted octanol–water partition coefficient (Wildman–Crippen LogP) is 4.96. The van der Waals surface area contributed by atoms with Crippen LogP contribution in [0.3, 0.4) is 0 Å². The number of aromatic nitrogens is 2. The number of hydrogen-bond donors (Lipinski definition) is 1. The summed E-state index contributed by atoms with van der Waals surface area (Å²) in [6.07, 6.45) is 0. The van der Waals surface area contributed by atoms with E-state index >= 15 is 0 Å². The molecular weight excluding hydrogens is 417 g/mol. The van der Waals surface area contributed by atoms with Crippen LogP contribution in [0.4, 0.5) is 0 Å². The first kappa shape index (κ1) is 21.0. The summed E-state index contributed by atoms with van der Waals surface area (Å²) in [5.41, 5.74) is 2.66. The fourth-order valence-corrected chi connectivity index (χ4v) is 4.22. The zero-order valence-electron chi connectivity index (χ0n) is 15.6. The van der Waals surface area contributed by atoms with Gasteiger partial charge in [-0.25, -0.2) is 4.98 Å². The van der Waals surface area contributed by atoms with Crippen molar-refractivity contribution in [2.24, 2.45) is 0 Å². The van der Waals surface area contributed by atoms with Crippen LogP contribution in [0.25, 0.3) is 11.0 Å². The van der Waals surface area contributed by atoms with Gasteiger partial charge in [-0.3, -0.25) is 4.79 Å². The third-order valence-electron chi connectivity index (χ3n) is 4.28. The number of ether oxygens (including phenoxy) is 1. The number of halogens is 2. The second-order valence-electron chi connectivity index (χ2n) is 6.27. The molecule has 1 atom stereocenters. The molecule has 1 heterocycles. The summed E-state index contributed by atoms with van der Waals surface area (Å²) in [6, 6.07) is 12.9. The van der Waals surface area contributed by atoms with Crippen LogP contribution < -0.4 is 5.32 Å². The number of nitrogens with one attached hydrogen (secondary N) is 1. The van der Waals surface area contributed by atoms with Crippen LogP contribution in [0.15, 0.2) is 47.6 Å². The predicted molar refractivity (Wildman–Crippen MR) is 115 cm³/mol. The van der Waals surface area contributed by atoms with E-state index in [2.05, 4.69) is 10.3 Å². The number of amides is 1. The number of carbonyl (C=O) groups is 1. The monoisotopic (exact) mass is 437 g/mol. The van der Waals surface area contributed by atoms with E-state index < -0.39 is 0 Å². The number of carbonyl (C=O) groups excluding carboxylic acids is 1. The Morgan fingerprint density at radius 3 is 2.82 bits per heavy atom. The first-order chi connectivity index (χ1) is 13.5. The molecular formula is C20H21Cl2N3O2S. The maximum atomic E-state index is 12.4. The Bertz CT molecular complexity index is 977. The Hall–Kier alpha value is -1.73. The second-order valence-corrected chi connectivity index (χ2v) is 8.06. The van der Waals surface area contributed by atoms with Gasteiger partial charge in [0.2, 0.25) is 5.91 Å². The normalized spacial score (nSPS) is 12.3. The van der Waals surface area contributed by atoms with Crippen molar-refractivity contribution < 1.29 is 9.53 Å². The van der Waals surface area contributed by atoms with Gasteiger partial charge in [-0.1, -0.05) is 53.2 Å². The summed E-state index contributed by atoms with van der Waals surface area (Å²) in [5, 5.41) is 5.02. The highest BCUT2D eigenvalue weighted by Gasteiger charge is 2.16. The lowest BCUT2D eigenvalue weighted by atomic mass is 10.1. The highest BCUT2D eigenvalue weighted by molar-refractivity contribution is 7.99. The smallest absolute Gasteiger partial charge is 0.230 e. The molecule has 0 radical (unpaired) electrons. The number of benzene rings is 2. The second kappa shape index (κ2) is 9.65. The zero-order chi connectivity index (χ0) is 20.1. The highest BCUT2D eigenvalue weighted by Crippen LogP contribution is 2.27. The molecule has 0 bridgehead atoms. The average molecular weight is 438 g/mol. The topological polar surface area (TPSA) is 56.1 Å². The Labute approximate surface area is 178 Å². The van der Waals surface area contributed by atoms with Gasteiger partial charge < -0.3 is 14.6 Å². The molecule has 0 spiro atoms. The molecule has 0 unspecified atom stereocenters. The molecule has 0 saturated heterocycles. The van der Waals surface area contributed by atoms with E-state index in [1.165, 1.54) is 11.8 Å². The molecule has 3 rings (SSSR count). The van der Waals surface area contributed by atoms with Gasteiger partial charge in [0.1, 0.15) is 0 Å². The maximum Gasteiger partial charge on any atom is 0.230 e. The van der Waals surface area contributed by atoms with Crippen LogP contribution in [0.1, 0.15) is 18.5 Å². The average Bonchev–Trinajstić information content (AvgIpc) is 3.01. The number of thioether (sulfide) groups is 1. The van der Waals surface area contributed by atoms with Crippen LogP contribution in [-0.4, -0.2) is 34.9 Å². The summed E-state index contributed by atoms with van der Waals surface area (Å²) in [7, 11) is 1.66. The van der Waals surface area contributed by atoms with Gasteiger partial charge in [0.05, 0.1) is 29.4 Å². The minimum atomic E-state index is -0.173. The third kappa shape index (κ3) is 5.00. The van der Waals surface area contributed by atoms with Gasteiger partial charge >= 0.3 is 0 Å². The number of methoxy groups -OCH3 is 1. The number of rotatable bonds is 8. The van der Waals surface area contributed by atoms with E-state index in [4.69, 9.17) is 27.9 Å².